The van der Waals surface area contributed by atoms with Crippen LogP contribution in [0.15, 0.2) is 42.5 Å². The Hall–Kier alpha value is -2.77. The average Bonchev–Trinajstić information content (AvgIpc) is 3.42. The van der Waals surface area contributed by atoms with Gasteiger partial charge in [0.1, 0.15) is 0 Å². The summed E-state index contributed by atoms with van der Waals surface area (Å²) in [6.45, 7) is 4.52. The molecule has 158 valence electrons. The lowest BCUT2D eigenvalue weighted by Gasteiger charge is -2.40. The predicted octanol–water partition coefficient (Wildman–Crippen LogP) is 2.11. The van der Waals surface area contributed by atoms with E-state index in [1.807, 2.05) is 42.5 Å². The fraction of sp³-hybridized carbons (Fsp3) is 0.435. The number of rotatable bonds is 6. The van der Waals surface area contributed by atoms with Crippen LogP contribution in [0.5, 0.6) is 17.2 Å². The largest absolute Gasteiger partial charge is 0.493 e. The van der Waals surface area contributed by atoms with E-state index in [0.717, 1.165) is 49.5 Å². The van der Waals surface area contributed by atoms with Crippen LogP contribution in [0.3, 0.4) is 0 Å². The number of methoxy groups -OCH3 is 1. The molecule has 0 spiro atoms. The van der Waals surface area contributed by atoms with Gasteiger partial charge in [-0.2, -0.15) is 0 Å². The molecular weight excluding hydrogens is 382 g/mol. The average molecular weight is 409 g/mol. The van der Waals surface area contributed by atoms with Crippen molar-refractivity contribution >= 4 is 5.91 Å². The van der Waals surface area contributed by atoms with Crippen LogP contribution in [0.25, 0.3) is 0 Å². The first-order valence-corrected chi connectivity index (χ1v) is 10.5. The molecule has 1 N–H and O–H groups in total. The van der Waals surface area contributed by atoms with E-state index in [2.05, 4.69) is 15.1 Å². The third-order valence-corrected chi connectivity index (χ3v) is 6.27. The van der Waals surface area contributed by atoms with Crippen LogP contribution in [-0.4, -0.2) is 67.9 Å². The fourth-order valence-electron chi connectivity index (χ4n) is 4.70. The Bertz CT molecular complexity index is 920. The summed E-state index contributed by atoms with van der Waals surface area (Å²) in [5.74, 6) is 2.24. The van der Waals surface area contributed by atoms with E-state index in [9.17, 15) is 4.79 Å². The van der Waals surface area contributed by atoms with Crippen molar-refractivity contribution in [1.29, 1.82) is 0 Å². The van der Waals surface area contributed by atoms with Crippen LogP contribution in [0, 0.1) is 0 Å². The van der Waals surface area contributed by atoms with Crippen molar-refractivity contribution in [3.05, 3.63) is 53.6 Å². The minimum atomic E-state index is 0.146. The second kappa shape index (κ2) is 8.16. The molecule has 3 atom stereocenters. The summed E-state index contributed by atoms with van der Waals surface area (Å²) in [7, 11) is 1.64. The number of fused-ring (bicyclic) bond motifs is 3. The molecule has 30 heavy (non-hydrogen) atoms. The summed E-state index contributed by atoms with van der Waals surface area (Å²) in [5.41, 5.74) is 1.86. The molecule has 2 aromatic rings. The van der Waals surface area contributed by atoms with Gasteiger partial charge < -0.3 is 24.4 Å². The third-order valence-electron chi connectivity index (χ3n) is 6.27. The van der Waals surface area contributed by atoms with Gasteiger partial charge in [0.15, 0.2) is 11.5 Å². The first kappa shape index (κ1) is 19.2. The summed E-state index contributed by atoms with van der Waals surface area (Å²) in [6, 6.07) is 14.2. The molecular formula is C23H27N3O4. The number of piperazine rings is 1. The Labute approximate surface area is 176 Å². The Morgan fingerprint density at radius 3 is 2.90 bits per heavy atom. The minimum Gasteiger partial charge on any atom is -0.493 e. The summed E-state index contributed by atoms with van der Waals surface area (Å²) in [5, 5.41) is 3.56. The van der Waals surface area contributed by atoms with Gasteiger partial charge in [-0.3, -0.25) is 9.69 Å². The van der Waals surface area contributed by atoms with E-state index in [1.54, 1.807) is 7.11 Å². The van der Waals surface area contributed by atoms with Crippen molar-refractivity contribution in [2.45, 2.75) is 25.0 Å². The highest BCUT2D eigenvalue weighted by Crippen LogP contribution is 2.41. The summed E-state index contributed by atoms with van der Waals surface area (Å²) in [6.07, 6.45) is 1.05. The highest BCUT2D eigenvalue weighted by Gasteiger charge is 2.40. The van der Waals surface area contributed by atoms with Crippen molar-refractivity contribution in [2.24, 2.45) is 0 Å². The maximum Gasteiger partial charge on any atom is 0.254 e. The molecule has 3 unspecified atom stereocenters. The van der Waals surface area contributed by atoms with E-state index in [1.165, 1.54) is 0 Å². The van der Waals surface area contributed by atoms with Crippen LogP contribution in [0.4, 0.5) is 0 Å². The van der Waals surface area contributed by atoms with Crippen molar-refractivity contribution < 1.29 is 19.0 Å². The maximum absolute atomic E-state index is 13.1. The van der Waals surface area contributed by atoms with Gasteiger partial charge in [0.05, 0.1) is 7.11 Å². The normalized spacial score (nSPS) is 24.2. The molecule has 0 saturated carbocycles. The molecule has 7 heteroatoms. The van der Waals surface area contributed by atoms with Crippen LogP contribution in [0.1, 0.15) is 22.3 Å². The molecule has 5 rings (SSSR count). The molecule has 3 heterocycles. The topological polar surface area (TPSA) is 63.3 Å². The highest BCUT2D eigenvalue weighted by atomic mass is 16.7. The van der Waals surface area contributed by atoms with Gasteiger partial charge in [0.2, 0.25) is 12.5 Å². The maximum atomic E-state index is 13.1. The number of carbonyl (C=O) groups is 1. The number of ether oxygens (including phenoxy) is 3. The summed E-state index contributed by atoms with van der Waals surface area (Å²) in [4.78, 5) is 17.6. The molecule has 3 aliphatic rings. The van der Waals surface area contributed by atoms with Crippen LogP contribution in [-0.2, 0) is 6.54 Å². The molecule has 2 fully saturated rings. The van der Waals surface area contributed by atoms with Gasteiger partial charge in [-0.15, -0.1) is 0 Å². The number of nitrogens with zero attached hydrogens (tertiary/aromatic N) is 2. The molecule has 0 aromatic heterocycles. The van der Waals surface area contributed by atoms with Crippen molar-refractivity contribution in [3.8, 4) is 17.2 Å². The number of amides is 1. The van der Waals surface area contributed by atoms with Gasteiger partial charge in [-0.1, -0.05) is 18.2 Å². The lowest BCUT2D eigenvalue weighted by atomic mass is 10.1. The summed E-state index contributed by atoms with van der Waals surface area (Å²) >= 11 is 0. The van der Waals surface area contributed by atoms with Crippen LogP contribution >= 0.6 is 0 Å². The zero-order valence-corrected chi connectivity index (χ0v) is 17.2. The first-order chi connectivity index (χ1) is 14.7. The Morgan fingerprint density at radius 1 is 1.20 bits per heavy atom. The molecule has 0 aliphatic carbocycles. The zero-order valence-electron chi connectivity index (χ0n) is 17.2. The number of benzene rings is 2. The van der Waals surface area contributed by atoms with E-state index >= 15 is 0 Å². The van der Waals surface area contributed by atoms with Crippen molar-refractivity contribution in [2.75, 3.05) is 40.1 Å². The van der Waals surface area contributed by atoms with Crippen LogP contribution < -0.4 is 19.5 Å². The monoisotopic (exact) mass is 409 g/mol. The predicted molar refractivity (Wildman–Crippen MR) is 112 cm³/mol. The standard InChI is InChI=1S/C23H27N3O4/c1-28-20-9-16(10-21-22(20)30-15-29-21)11-24-12-19-14-26(18-7-8-25(19)13-18)23(27)17-5-3-2-4-6-17/h2-6,9-10,18-19,24H,7-8,11-15H2,1H3. The van der Waals surface area contributed by atoms with Gasteiger partial charge in [0.25, 0.3) is 5.91 Å². The molecule has 2 saturated heterocycles. The van der Waals surface area contributed by atoms with Crippen molar-refractivity contribution in [3.63, 3.8) is 0 Å². The van der Waals surface area contributed by atoms with Gasteiger partial charge >= 0.3 is 0 Å². The van der Waals surface area contributed by atoms with E-state index in [4.69, 9.17) is 14.2 Å². The SMILES string of the molecule is COc1cc(CNCC2CN(C(=O)c3ccccc3)C3CCN2C3)cc2c1OCO2. The van der Waals surface area contributed by atoms with Gasteiger partial charge in [0, 0.05) is 50.4 Å². The number of hydrogen-bond acceptors (Lipinski definition) is 6. The van der Waals surface area contributed by atoms with Gasteiger partial charge in [-0.05, 0) is 36.2 Å². The van der Waals surface area contributed by atoms with E-state index in [0.29, 0.717) is 30.1 Å². The van der Waals surface area contributed by atoms with Crippen LogP contribution in [0.2, 0.25) is 0 Å². The molecule has 7 nitrogen and oxygen atoms in total. The summed E-state index contributed by atoms with van der Waals surface area (Å²) < 4.78 is 16.4. The first-order valence-electron chi connectivity index (χ1n) is 10.5. The number of carbonyl (C=O) groups excluding carboxylic acids is 1. The Morgan fingerprint density at radius 2 is 2.07 bits per heavy atom. The minimum absolute atomic E-state index is 0.146. The number of nitrogens with one attached hydrogen (secondary N) is 1. The quantitative estimate of drug-likeness (QED) is 0.789. The second-order valence-corrected chi connectivity index (χ2v) is 8.08. The molecule has 1 amide bonds. The van der Waals surface area contributed by atoms with E-state index in [-0.39, 0.29) is 12.7 Å². The second-order valence-electron chi connectivity index (χ2n) is 8.08. The van der Waals surface area contributed by atoms with E-state index < -0.39 is 0 Å². The fourth-order valence-corrected chi connectivity index (χ4v) is 4.70. The molecule has 2 bridgehead atoms. The highest BCUT2D eigenvalue weighted by molar-refractivity contribution is 5.94. The van der Waals surface area contributed by atoms with Gasteiger partial charge in [-0.25, -0.2) is 0 Å². The zero-order chi connectivity index (χ0) is 20.5. The van der Waals surface area contributed by atoms with Crippen molar-refractivity contribution in [1.82, 2.24) is 15.1 Å². The smallest absolute Gasteiger partial charge is 0.254 e. The molecule has 3 aliphatic heterocycles. The molecule has 2 aromatic carbocycles. The lowest BCUT2D eigenvalue weighted by Crippen LogP contribution is -2.57. The molecule has 0 radical (unpaired) electrons. The number of hydrogen-bond donors (Lipinski definition) is 1. The lowest BCUT2D eigenvalue weighted by molar-refractivity contribution is 0.0495. The Kier molecular flexibility index (Phi) is 5.23. The third kappa shape index (κ3) is 3.59. The Balaban J connectivity index is 1.23.